The molecule has 3 fully saturated rings. The van der Waals surface area contributed by atoms with Crippen molar-refractivity contribution in [2.45, 2.75) is 93.2 Å². The van der Waals surface area contributed by atoms with Gasteiger partial charge in [-0.1, -0.05) is 0 Å². The lowest BCUT2D eigenvalue weighted by molar-refractivity contribution is -0.320. The van der Waals surface area contributed by atoms with Crippen LogP contribution in [0.3, 0.4) is 0 Å². The maximum absolute atomic E-state index is 10.7. The van der Waals surface area contributed by atoms with Crippen molar-refractivity contribution in [1.82, 2.24) is 0 Å². The van der Waals surface area contributed by atoms with Crippen molar-refractivity contribution in [1.29, 1.82) is 0 Å². The van der Waals surface area contributed by atoms with Crippen molar-refractivity contribution >= 4 is 0 Å². The molecule has 0 saturated carbocycles. The molecule has 0 spiro atoms. The zero-order valence-electron chi connectivity index (χ0n) is 21.9. The third-order valence-electron chi connectivity index (χ3n) is 6.67. The summed E-state index contributed by atoms with van der Waals surface area (Å²) in [6, 6.07) is 0. The Kier molecular flexibility index (Phi) is 13.5. The maximum Gasteiger partial charge on any atom is 0.186 e. The normalized spacial score (nSPS) is 40.3. The van der Waals surface area contributed by atoms with Crippen molar-refractivity contribution in [3.05, 3.63) is 0 Å². The van der Waals surface area contributed by atoms with Crippen LogP contribution in [0.15, 0.2) is 0 Å². The van der Waals surface area contributed by atoms with E-state index in [1.165, 1.54) is 7.11 Å². The number of rotatable bonds is 17. The molecule has 38 heavy (non-hydrogen) atoms. The highest BCUT2D eigenvalue weighted by atomic mass is 16.7. The number of aliphatic hydroxyl groups is 6. The lowest BCUT2D eigenvalue weighted by Crippen LogP contribution is -2.62. The molecule has 0 radical (unpaired) electrons. The highest BCUT2D eigenvalue weighted by Gasteiger charge is 2.47. The quantitative estimate of drug-likeness (QED) is 0.0779. The van der Waals surface area contributed by atoms with E-state index in [0.717, 1.165) is 19.4 Å². The first-order valence-electron chi connectivity index (χ1n) is 13.1. The lowest BCUT2D eigenvalue weighted by Gasteiger charge is -2.43. The first-order chi connectivity index (χ1) is 18.2. The smallest absolute Gasteiger partial charge is 0.186 e. The molecule has 0 aromatic rings. The van der Waals surface area contributed by atoms with Crippen LogP contribution in [-0.2, 0) is 37.9 Å². The summed E-state index contributed by atoms with van der Waals surface area (Å²) < 4.78 is 43.6. The Morgan fingerprint density at radius 3 is 2.16 bits per heavy atom. The number of hydrogen-bond acceptors (Lipinski definition) is 14. The van der Waals surface area contributed by atoms with Crippen LogP contribution in [0.2, 0.25) is 0 Å². The van der Waals surface area contributed by atoms with Gasteiger partial charge in [0.15, 0.2) is 6.29 Å². The molecule has 3 aliphatic heterocycles. The van der Waals surface area contributed by atoms with Gasteiger partial charge in [-0.3, -0.25) is 0 Å². The van der Waals surface area contributed by atoms with Gasteiger partial charge in [0, 0.05) is 20.3 Å². The van der Waals surface area contributed by atoms with Crippen molar-refractivity contribution in [2.24, 2.45) is 0 Å². The lowest BCUT2D eigenvalue weighted by atomic mass is 9.96. The molecule has 0 aliphatic carbocycles. The Bertz CT molecular complexity index is 654. The standard InChI is InChI=1S/C24H44O14/c1-13-18(26)20(28)19(27)16(37-13)12-36-24-22(30)21(29)23(17(38-24)11-31-2)35-8-14(25)7-32-5-3-4-6-33-9-15-10-34-15/h13-30H,3-12H2,1-2H3/t13?,14?,15?,16?,17?,18-,19+,20?,21?,22?,23+,24-/m0/s1. The second kappa shape index (κ2) is 16.0. The second-order valence-electron chi connectivity index (χ2n) is 9.93. The molecule has 3 heterocycles. The van der Waals surface area contributed by atoms with E-state index in [4.69, 9.17) is 37.9 Å². The largest absolute Gasteiger partial charge is 0.388 e. The van der Waals surface area contributed by atoms with Crippen LogP contribution in [-0.4, -0.2) is 164 Å². The number of epoxide rings is 1. The molecule has 8 unspecified atom stereocenters. The first-order valence-corrected chi connectivity index (χ1v) is 13.1. The van der Waals surface area contributed by atoms with Gasteiger partial charge in [-0.25, -0.2) is 0 Å². The van der Waals surface area contributed by atoms with Crippen molar-refractivity contribution in [3.63, 3.8) is 0 Å². The van der Waals surface area contributed by atoms with Crippen LogP contribution in [0.25, 0.3) is 0 Å². The first kappa shape index (κ1) is 32.0. The van der Waals surface area contributed by atoms with Gasteiger partial charge in [-0.05, 0) is 19.8 Å². The fraction of sp³-hybridized carbons (Fsp3) is 1.00. The predicted octanol–water partition coefficient (Wildman–Crippen LogP) is -3.08. The van der Waals surface area contributed by atoms with Crippen LogP contribution >= 0.6 is 0 Å². The number of unbranched alkanes of at least 4 members (excludes halogenated alkanes) is 1. The second-order valence-corrected chi connectivity index (χ2v) is 9.93. The van der Waals surface area contributed by atoms with E-state index < -0.39 is 67.3 Å². The Morgan fingerprint density at radius 1 is 0.763 bits per heavy atom. The van der Waals surface area contributed by atoms with Crippen molar-refractivity contribution in [3.8, 4) is 0 Å². The molecule has 12 atom stereocenters. The zero-order valence-corrected chi connectivity index (χ0v) is 21.9. The molecule has 3 saturated heterocycles. The predicted molar refractivity (Wildman–Crippen MR) is 127 cm³/mol. The van der Waals surface area contributed by atoms with Crippen LogP contribution in [0.1, 0.15) is 19.8 Å². The Hall–Kier alpha value is -0.560. The summed E-state index contributed by atoms with van der Waals surface area (Å²) in [4.78, 5) is 0. The van der Waals surface area contributed by atoms with E-state index in [-0.39, 0.29) is 32.5 Å². The number of methoxy groups -OCH3 is 1. The average molecular weight is 557 g/mol. The van der Waals surface area contributed by atoms with Gasteiger partial charge in [-0.15, -0.1) is 0 Å². The third kappa shape index (κ3) is 9.52. The summed E-state index contributed by atoms with van der Waals surface area (Å²) in [5.74, 6) is 0. The van der Waals surface area contributed by atoms with E-state index >= 15 is 0 Å². The highest BCUT2D eigenvalue weighted by Crippen LogP contribution is 2.27. The Labute approximate surface area is 222 Å². The summed E-state index contributed by atoms with van der Waals surface area (Å²) >= 11 is 0. The molecule has 3 aliphatic rings. The number of hydrogen-bond donors (Lipinski definition) is 6. The van der Waals surface area contributed by atoms with Crippen LogP contribution in [0, 0.1) is 0 Å². The summed E-state index contributed by atoms with van der Waals surface area (Å²) in [6.07, 6.45) is -11.1. The molecule has 0 aromatic carbocycles. The summed E-state index contributed by atoms with van der Waals surface area (Å²) in [5.41, 5.74) is 0. The van der Waals surface area contributed by atoms with Crippen LogP contribution in [0.5, 0.6) is 0 Å². The zero-order chi connectivity index (χ0) is 27.7. The average Bonchev–Trinajstić information content (AvgIpc) is 3.72. The Balaban J connectivity index is 1.37. The van der Waals surface area contributed by atoms with Crippen LogP contribution in [0.4, 0.5) is 0 Å². The van der Waals surface area contributed by atoms with E-state index in [0.29, 0.717) is 19.8 Å². The fourth-order valence-corrected chi connectivity index (χ4v) is 4.29. The summed E-state index contributed by atoms with van der Waals surface area (Å²) in [6.45, 7) is 3.58. The number of ether oxygens (including phenoxy) is 8. The van der Waals surface area contributed by atoms with Gasteiger partial charge in [0.1, 0.15) is 61.0 Å². The van der Waals surface area contributed by atoms with E-state index in [1.807, 2.05) is 0 Å². The molecule has 0 amide bonds. The minimum absolute atomic E-state index is 0.000336. The van der Waals surface area contributed by atoms with E-state index in [1.54, 1.807) is 6.92 Å². The van der Waals surface area contributed by atoms with Gasteiger partial charge in [-0.2, -0.15) is 0 Å². The molecule has 0 aromatic heterocycles. The SMILES string of the molecule is COCC1O[C@H](OCC2OC(C)[C@H](O)C(O)[C@@H]2O)C(O)C(O)[C@@H]1OCC(O)COCCCCOCC1CO1. The van der Waals surface area contributed by atoms with E-state index in [9.17, 15) is 30.6 Å². The van der Waals surface area contributed by atoms with Gasteiger partial charge >= 0.3 is 0 Å². The summed E-state index contributed by atoms with van der Waals surface area (Å²) in [7, 11) is 1.43. The van der Waals surface area contributed by atoms with Gasteiger partial charge in [0.25, 0.3) is 0 Å². The third-order valence-corrected chi connectivity index (χ3v) is 6.67. The van der Waals surface area contributed by atoms with Gasteiger partial charge in [0.2, 0.25) is 0 Å². The van der Waals surface area contributed by atoms with Crippen LogP contribution < -0.4 is 0 Å². The minimum Gasteiger partial charge on any atom is -0.388 e. The fourth-order valence-electron chi connectivity index (χ4n) is 4.29. The minimum atomic E-state index is -1.52. The molecular formula is C24H44O14. The topological polar surface area (TPSA) is 199 Å². The molecule has 3 rings (SSSR count). The monoisotopic (exact) mass is 556 g/mol. The highest BCUT2D eigenvalue weighted by molar-refractivity contribution is 4.93. The van der Waals surface area contributed by atoms with Crippen molar-refractivity contribution < 1.29 is 68.5 Å². The van der Waals surface area contributed by atoms with Gasteiger partial charge in [0.05, 0.1) is 45.7 Å². The molecule has 6 N–H and O–H groups in total. The Morgan fingerprint density at radius 2 is 1.47 bits per heavy atom. The molecular weight excluding hydrogens is 512 g/mol. The van der Waals surface area contributed by atoms with Gasteiger partial charge < -0.3 is 68.5 Å². The van der Waals surface area contributed by atoms with Crippen molar-refractivity contribution in [2.75, 3.05) is 60.0 Å². The molecule has 0 bridgehead atoms. The van der Waals surface area contributed by atoms with E-state index in [2.05, 4.69) is 0 Å². The summed E-state index contributed by atoms with van der Waals surface area (Å²) in [5, 5.41) is 61.5. The molecule has 14 nitrogen and oxygen atoms in total. The maximum atomic E-state index is 10.7. The number of aliphatic hydroxyl groups excluding tert-OH is 6. The molecule has 224 valence electrons. The molecule has 14 heteroatoms.